The molecule has 0 aromatic heterocycles. The summed E-state index contributed by atoms with van der Waals surface area (Å²) < 4.78 is 6.31. The average Bonchev–Trinajstić information content (AvgIpc) is 2.77. The monoisotopic (exact) mass is 443 g/mol. The Balaban J connectivity index is 2.24. The molecule has 0 unspecified atom stereocenters. The fourth-order valence-corrected chi connectivity index (χ4v) is 3.72. The van der Waals surface area contributed by atoms with Gasteiger partial charge in [0.15, 0.2) is 0 Å². The van der Waals surface area contributed by atoms with Gasteiger partial charge in [-0.2, -0.15) is 0 Å². The minimum absolute atomic E-state index is 0.293. The zero-order chi connectivity index (χ0) is 16.0. The van der Waals surface area contributed by atoms with Crippen molar-refractivity contribution >= 4 is 61.0 Å². The highest BCUT2D eigenvalue weighted by atomic mass is 79.9. The van der Waals surface area contributed by atoms with Gasteiger partial charge in [-0.05, 0) is 50.1 Å². The van der Waals surface area contributed by atoms with E-state index in [0.717, 1.165) is 4.90 Å². The number of imide groups is 1. The number of hydrogen-bond donors (Lipinski definition) is 0. The van der Waals surface area contributed by atoms with Crippen LogP contribution >= 0.6 is 43.5 Å². The highest BCUT2D eigenvalue weighted by Crippen LogP contribution is 2.46. The third-order valence-electron chi connectivity index (χ3n) is 3.34. The lowest BCUT2D eigenvalue weighted by Gasteiger charge is -2.20. The molecule has 0 bridgehead atoms. The average molecular weight is 445 g/mol. The van der Waals surface area contributed by atoms with Gasteiger partial charge in [0.05, 0.1) is 27.7 Å². The summed E-state index contributed by atoms with van der Waals surface area (Å²) in [7, 11) is 1.46. The largest absolute Gasteiger partial charge is 0.494 e. The molecule has 0 N–H and O–H groups in total. The van der Waals surface area contributed by atoms with Crippen LogP contribution in [0.1, 0.15) is 20.7 Å². The van der Waals surface area contributed by atoms with Crippen molar-refractivity contribution in [2.45, 2.75) is 0 Å². The molecule has 112 valence electrons. The van der Waals surface area contributed by atoms with Crippen molar-refractivity contribution in [3.8, 4) is 5.75 Å². The van der Waals surface area contributed by atoms with Crippen molar-refractivity contribution in [1.82, 2.24) is 0 Å². The third-order valence-corrected chi connectivity index (χ3v) is 5.59. The smallest absolute Gasteiger partial charge is 0.266 e. The van der Waals surface area contributed by atoms with Crippen LogP contribution in [0.15, 0.2) is 39.3 Å². The van der Waals surface area contributed by atoms with Crippen LogP contribution in [0.25, 0.3) is 0 Å². The maximum atomic E-state index is 12.6. The van der Waals surface area contributed by atoms with Crippen molar-refractivity contribution < 1.29 is 14.3 Å². The Morgan fingerprint density at radius 2 is 1.64 bits per heavy atom. The van der Waals surface area contributed by atoms with Gasteiger partial charge < -0.3 is 4.74 Å². The van der Waals surface area contributed by atoms with Crippen molar-refractivity contribution in [2.24, 2.45) is 0 Å². The van der Waals surface area contributed by atoms with Gasteiger partial charge in [0.1, 0.15) is 11.4 Å². The highest BCUT2D eigenvalue weighted by Gasteiger charge is 2.39. The van der Waals surface area contributed by atoms with Gasteiger partial charge in [0, 0.05) is 4.47 Å². The first-order valence-corrected chi connectivity index (χ1v) is 8.13. The van der Waals surface area contributed by atoms with Crippen molar-refractivity contribution in [3.05, 3.63) is 55.4 Å². The van der Waals surface area contributed by atoms with E-state index in [-0.39, 0.29) is 0 Å². The van der Waals surface area contributed by atoms with Gasteiger partial charge in [-0.25, -0.2) is 4.90 Å². The number of anilines is 1. The van der Waals surface area contributed by atoms with E-state index < -0.39 is 11.8 Å². The number of rotatable bonds is 2. The van der Waals surface area contributed by atoms with Crippen molar-refractivity contribution in [1.29, 1.82) is 0 Å². The molecule has 2 aromatic rings. The first-order chi connectivity index (χ1) is 10.5. The van der Waals surface area contributed by atoms with Crippen LogP contribution in [0.4, 0.5) is 5.69 Å². The first-order valence-electron chi connectivity index (χ1n) is 6.16. The van der Waals surface area contributed by atoms with E-state index in [2.05, 4.69) is 31.9 Å². The molecule has 0 radical (unpaired) electrons. The van der Waals surface area contributed by atoms with E-state index in [1.54, 1.807) is 30.3 Å². The zero-order valence-corrected chi connectivity index (χ0v) is 15.1. The van der Waals surface area contributed by atoms with Gasteiger partial charge in [-0.1, -0.05) is 23.7 Å². The summed E-state index contributed by atoms with van der Waals surface area (Å²) in [5.41, 5.74) is 1.02. The molecular formula is C15H8Br2ClNO3. The summed E-state index contributed by atoms with van der Waals surface area (Å²) in [5, 5.41) is 0.354. The second-order valence-corrected chi connectivity index (χ2v) is 6.55. The van der Waals surface area contributed by atoms with Crippen LogP contribution in [0, 0.1) is 0 Å². The Morgan fingerprint density at radius 3 is 2.14 bits per heavy atom. The molecule has 1 aliphatic heterocycles. The Kier molecular flexibility index (Phi) is 4.01. The Bertz CT molecular complexity index is 788. The number of nitrogens with zero attached hydrogens (tertiary/aromatic N) is 1. The minimum atomic E-state index is -0.405. The minimum Gasteiger partial charge on any atom is -0.494 e. The number of carbonyl (C=O) groups is 2. The van der Waals surface area contributed by atoms with Crippen LogP contribution in [0.3, 0.4) is 0 Å². The number of carbonyl (C=O) groups excluding carboxylic acids is 2. The van der Waals surface area contributed by atoms with Gasteiger partial charge >= 0.3 is 0 Å². The molecule has 0 saturated heterocycles. The van der Waals surface area contributed by atoms with Crippen molar-refractivity contribution in [3.63, 3.8) is 0 Å². The third kappa shape index (κ3) is 2.17. The SMILES string of the molecule is COc1cc(Br)c(Cl)c(Br)c1N1C(=O)c2ccccc2C1=O. The number of ether oxygens (including phenoxy) is 1. The maximum absolute atomic E-state index is 12.6. The van der Waals surface area contributed by atoms with E-state index in [1.165, 1.54) is 7.11 Å². The van der Waals surface area contributed by atoms with Gasteiger partial charge in [-0.15, -0.1) is 0 Å². The fraction of sp³-hybridized carbons (Fsp3) is 0.0667. The van der Waals surface area contributed by atoms with E-state index in [1.807, 2.05) is 0 Å². The van der Waals surface area contributed by atoms with Crippen LogP contribution in [-0.2, 0) is 0 Å². The molecule has 22 heavy (non-hydrogen) atoms. The van der Waals surface area contributed by atoms with Crippen LogP contribution in [-0.4, -0.2) is 18.9 Å². The Labute approximate surface area is 148 Å². The molecule has 0 spiro atoms. The van der Waals surface area contributed by atoms with E-state index in [0.29, 0.717) is 36.5 Å². The summed E-state index contributed by atoms with van der Waals surface area (Å²) >= 11 is 12.9. The standard InChI is InChI=1S/C15H8Br2ClNO3/c1-22-10-6-9(16)12(18)11(17)13(10)19-14(20)7-4-2-3-5-8(7)15(19)21/h2-6H,1H3. The normalized spacial score (nSPS) is 13.5. The molecule has 2 aromatic carbocycles. The van der Waals surface area contributed by atoms with Gasteiger partial charge in [0.2, 0.25) is 0 Å². The van der Waals surface area contributed by atoms with Gasteiger partial charge in [-0.3, -0.25) is 9.59 Å². The number of amides is 2. The molecular weight excluding hydrogens is 437 g/mol. The lowest BCUT2D eigenvalue weighted by atomic mass is 10.1. The van der Waals surface area contributed by atoms with Crippen LogP contribution < -0.4 is 9.64 Å². The number of fused-ring (bicyclic) bond motifs is 1. The van der Waals surface area contributed by atoms with Crippen LogP contribution in [0.5, 0.6) is 5.75 Å². The highest BCUT2D eigenvalue weighted by molar-refractivity contribution is 9.11. The van der Waals surface area contributed by atoms with E-state index in [9.17, 15) is 9.59 Å². The summed E-state index contributed by atoms with van der Waals surface area (Å²) in [6, 6.07) is 8.29. The summed E-state index contributed by atoms with van der Waals surface area (Å²) in [4.78, 5) is 26.3. The molecule has 0 saturated carbocycles. The number of hydrogen-bond acceptors (Lipinski definition) is 3. The predicted octanol–water partition coefficient (Wildman–Crippen LogP) is 4.67. The molecule has 7 heteroatoms. The number of methoxy groups -OCH3 is 1. The molecule has 1 aliphatic rings. The number of halogens is 3. The Hall–Kier alpha value is -1.37. The quantitative estimate of drug-likeness (QED) is 0.498. The van der Waals surface area contributed by atoms with Gasteiger partial charge in [0.25, 0.3) is 11.8 Å². The molecule has 0 aliphatic carbocycles. The molecule has 2 amide bonds. The lowest BCUT2D eigenvalue weighted by Crippen LogP contribution is -2.30. The fourth-order valence-electron chi connectivity index (χ4n) is 2.32. The van der Waals surface area contributed by atoms with E-state index >= 15 is 0 Å². The number of benzene rings is 2. The predicted molar refractivity (Wildman–Crippen MR) is 91.0 cm³/mol. The summed E-state index contributed by atoms with van der Waals surface area (Å²) in [6.45, 7) is 0. The second-order valence-electron chi connectivity index (χ2n) is 4.53. The first kappa shape index (κ1) is 15.5. The van der Waals surface area contributed by atoms with Crippen LogP contribution in [0.2, 0.25) is 5.02 Å². The maximum Gasteiger partial charge on any atom is 0.266 e. The molecule has 0 atom stereocenters. The summed E-state index contributed by atoms with van der Waals surface area (Å²) in [5.74, 6) is -0.450. The molecule has 1 heterocycles. The molecule has 3 rings (SSSR count). The van der Waals surface area contributed by atoms with Crippen molar-refractivity contribution in [2.75, 3.05) is 12.0 Å². The van der Waals surface area contributed by atoms with E-state index in [4.69, 9.17) is 16.3 Å². The topological polar surface area (TPSA) is 46.6 Å². The second kappa shape index (κ2) is 5.68. The molecule has 0 fully saturated rings. The summed E-state index contributed by atoms with van der Waals surface area (Å²) in [6.07, 6.45) is 0. The Morgan fingerprint density at radius 1 is 1.09 bits per heavy atom. The molecule has 4 nitrogen and oxygen atoms in total. The zero-order valence-electron chi connectivity index (χ0n) is 11.2. The lowest BCUT2D eigenvalue weighted by molar-refractivity contribution is 0.0925.